The smallest absolute Gasteiger partial charge is 0.379 e. The summed E-state index contributed by atoms with van der Waals surface area (Å²) in [5, 5.41) is 2.00. The van der Waals surface area contributed by atoms with Crippen molar-refractivity contribution in [3.63, 3.8) is 0 Å². The summed E-state index contributed by atoms with van der Waals surface area (Å²) < 4.78 is 42.1. The molecule has 0 aromatic rings. The van der Waals surface area contributed by atoms with Gasteiger partial charge < -0.3 is 10.1 Å². The van der Waals surface area contributed by atoms with Crippen LogP contribution >= 0.6 is 0 Å². The van der Waals surface area contributed by atoms with Gasteiger partial charge in [0.15, 0.2) is 0 Å². The fraction of sp³-hybridized carbons (Fsp3) is 0.933. The van der Waals surface area contributed by atoms with E-state index in [1.165, 1.54) is 0 Å². The van der Waals surface area contributed by atoms with E-state index in [-0.39, 0.29) is 6.04 Å². The third-order valence-corrected chi connectivity index (χ3v) is 4.59. The number of alkyl halides is 3. The van der Waals surface area contributed by atoms with Gasteiger partial charge in [-0.05, 0) is 26.3 Å². The molecule has 2 rings (SSSR count). The van der Waals surface area contributed by atoms with Crippen LogP contribution in [0.4, 0.5) is 13.2 Å². The van der Waals surface area contributed by atoms with Crippen molar-refractivity contribution < 1.29 is 22.7 Å². The van der Waals surface area contributed by atoms with E-state index in [2.05, 4.69) is 9.80 Å². The molecule has 1 amide bonds. The van der Waals surface area contributed by atoms with Gasteiger partial charge in [-0.25, -0.2) is 0 Å². The third kappa shape index (κ3) is 5.93. The second kappa shape index (κ2) is 8.30. The molecular formula is C15H26F3N3O2. The molecule has 0 bridgehead atoms. The van der Waals surface area contributed by atoms with E-state index in [9.17, 15) is 18.0 Å². The van der Waals surface area contributed by atoms with Gasteiger partial charge in [0.1, 0.15) is 6.54 Å². The lowest BCUT2D eigenvalue weighted by Crippen LogP contribution is -2.56. The predicted octanol–water partition coefficient (Wildman–Crippen LogP) is 1.24. The topological polar surface area (TPSA) is 44.8 Å². The molecule has 2 aliphatic rings. The van der Waals surface area contributed by atoms with Crippen LogP contribution in [0, 0.1) is 0 Å². The van der Waals surface area contributed by atoms with Crippen molar-refractivity contribution in [3.8, 4) is 0 Å². The predicted molar refractivity (Wildman–Crippen MR) is 80.1 cm³/mol. The largest absolute Gasteiger partial charge is 0.405 e. The van der Waals surface area contributed by atoms with Crippen molar-refractivity contribution in [1.29, 1.82) is 0 Å². The van der Waals surface area contributed by atoms with Crippen LogP contribution in [0.3, 0.4) is 0 Å². The van der Waals surface area contributed by atoms with Crippen molar-refractivity contribution in [2.45, 2.75) is 44.4 Å². The monoisotopic (exact) mass is 337 g/mol. The quantitative estimate of drug-likeness (QED) is 0.820. The van der Waals surface area contributed by atoms with E-state index in [1.54, 1.807) is 6.92 Å². The van der Waals surface area contributed by atoms with Crippen molar-refractivity contribution in [2.75, 3.05) is 45.9 Å². The van der Waals surface area contributed by atoms with Gasteiger partial charge >= 0.3 is 6.18 Å². The molecule has 0 aromatic carbocycles. The molecule has 2 atom stereocenters. The van der Waals surface area contributed by atoms with Crippen LogP contribution in [-0.2, 0) is 9.53 Å². The Morgan fingerprint density at radius 1 is 1.26 bits per heavy atom. The Labute approximate surface area is 135 Å². The fourth-order valence-corrected chi connectivity index (χ4v) is 3.30. The number of piperidine rings is 1. The van der Waals surface area contributed by atoms with Gasteiger partial charge in [0.2, 0.25) is 5.91 Å². The van der Waals surface area contributed by atoms with Gasteiger partial charge in [0.25, 0.3) is 0 Å². The first kappa shape index (κ1) is 18.5. The third-order valence-electron chi connectivity index (χ3n) is 4.59. The molecule has 0 aliphatic carbocycles. The molecule has 2 heterocycles. The van der Waals surface area contributed by atoms with Crippen LogP contribution in [0.1, 0.15) is 26.2 Å². The van der Waals surface area contributed by atoms with E-state index in [1.807, 2.05) is 5.32 Å². The lowest BCUT2D eigenvalue weighted by molar-refractivity contribution is -0.142. The maximum atomic E-state index is 12.3. The van der Waals surface area contributed by atoms with Crippen LogP contribution in [0.5, 0.6) is 0 Å². The van der Waals surface area contributed by atoms with Crippen LogP contribution in [-0.4, -0.2) is 79.9 Å². The molecule has 2 aliphatic heterocycles. The normalized spacial score (nSPS) is 26.0. The zero-order valence-electron chi connectivity index (χ0n) is 13.6. The molecule has 5 nitrogen and oxygen atoms in total. The minimum atomic E-state index is -4.37. The highest BCUT2D eigenvalue weighted by Gasteiger charge is 2.34. The summed E-state index contributed by atoms with van der Waals surface area (Å²) >= 11 is 0. The molecule has 2 fully saturated rings. The Kier molecular flexibility index (Phi) is 6.67. The summed E-state index contributed by atoms with van der Waals surface area (Å²) in [5.74, 6) is -0.545. The molecule has 0 spiro atoms. The summed E-state index contributed by atoms with van der Waals surface area (Å²) in [7, 11) is 0. The van der Waals surface area contributed by atoms with E-state index in [0.29, 0.717) is 13.2 Å². The Hall–Kier alpha value is -0.860. The number of likely N-dealkylation sites (tertiary alicyclic amines) is 1. The number of morpholine rings is 1. The zero-order valence-corrected chi connectivity index (χ0v) is 13.6. The SMILES string of the molecule is C[C@H](C(=O)NCC(F)(F)F)N1CCCC[C@@H]1CN1CCOCC1. The van der Waals surface area contributed by atoms with Gasteiger partial charge in [-0.1, -0.05) is 6.42 Å². The standard InChI is InChI=1S/C15H26F3N3O2/c1-12(14(22)19-11-15(16,17)18)21-5-3-2-4-13(21)10-20-6-8-23-9-7-20/h12-13H,2-11H2,1H3,(H,19,22)/t12-,13-/m1/s1. The maximum Gasteiger partial charge on any atom is 0.405 e. The summed E-state index contributed by atoms with van der Waals surface area (Å²) in [6.07, 6.45) is -1.31. The Morgan fingerprint density at radius 3 is 2.61 bits per heavy atom. The molecule has 0 aromatic heterocycles. The number of ether oxygens (including phenoxy) is 1. The lowest BCUT2D eigenvalue weighted by atomic mass is 9.99. The second-order valence-corrected chi connectivity index (χ2v) is 6.31. The van der Waals surface area contributed by atoms with Crippen molar-refractivity contribution >= 4 is 5.91 Å². The zero-order chi connectivity index (χ0) is 16.9. The van der Waals surface area contributed by atoms with Gasteiger partial charge in [0.05, 0.1) is 19.3 Å². The van der Waals surface area contributed by atoms with Crippen molar-refractivity contribution in [3.05, 3.63) is 0 Å². The maximum absolute atomic E-state index is 12.3. The number of amides is 1. The molecule has 134 valence electrons. The number of nitrogens with zero attached hydrogens (tertiary/aromatic N) is 2. The minimum Gasteiger partial charge on any atom is -0.379 e. The van der Waals surface area contributed by atoms with E-state index < -0.39 is 24.7 Å². The molecule has 0 saturated carbocycles. The number of carbonyl (C=O) groups is 1. The van der Waals surface area contributed by atoms with E-state index >= 15 is 0 Å². The summed E-state index contributed by atoms with van der Waals surface area (Å²) in [6, 6.07) is -0.322. The highest BCUT2D eigenvalue weighted by atomic mass is 19.4. The minimum absolute atomic E-state index is 0.216. The molecule has 0 radical (unpaired) electrons. The molecule has 1 N–H and O–H groups in total. The van der Waals surface area contributed by atoms with Gasteiger partial charge in [-0.2, -0.15) is 13.2 Å². The van der Waals surface area contributed by atoms with Gasteiger partial charge in [0, 0.05) is 25.7 Å². The summed E-state index contributed by atoms with van der Waals surface area (Å²) in [6.45, 7) is 5.22. The molecule has 2 saturated heterocycles. The molecule has 0 unspecified atom stereocenters. The average molecular weight is 337 g/mol. The van der Waals surface area contributed by atoms with Gasteiger partial charge in [-0.3, -0.25) is 14.6 Å². The highest BCUT2D eigenvalue weighted by Crippen LogP contribution is 2.21. The first-order chi connectivity index (χ1) is 10.9. The number of hydrogen-bond donors (Lipinski definition) is 1. The van der Waals surface area contributed by atoms with Crippen LogP contribution < -0.4 is 5.32 Å². The van der Waals surface area contributed by atoms with Crippen LogP contribution in [0.2, 0.25) is 0 Å². The van der Waals surface area contributed by atoms with E-state index in [4.69, 9.17) is 4.74 Å². The number of halogens is 3. The summed E-state index contributed by atoms with van der Waals surface area (Å²) in [4.78, 5) is 16.4. The second-order valence-electron chi connectivity index (χ2n) is 6.31. The van der Waals surface area contributed by atoms with Gasteiger partial charge in [-0.15, -0.1) is 0 Å². The van der Waals surface area contributed by atoms with Crippen LogP contribution in [0.15, 0.2) is 0 Å². The number of hydrogen-bond acceptors (Lipinski definition) is 4. The van der Waals surface area contributed by atoms with E-state index in [0.717, 1.165) is 45.4 Å². The van der Waals surface area contributed by atoms with Crippen LogP contribution in [0.25, 0.3) is 0 Å². The Morgan fingerprint density at radius 2 is 1.96 bits per heavy atom. The first-order valence-electron chi connectivity index (χ1n) is 8.27. The lowest BCUT2D eigenvalue weighted by Gasteiger charge is -2.42. The number of rotatable bonds is 5. The fourth-order valence-electron chi connectivity index (χ4n) is 3.30. The van der Waals surface area contributed by atoms with Crippen molar-refractivity contribution in [1.82, 2.24) is 15.1 Å². The number of carbonyl (C=O) groups excluding carboxylic acids is 1. The molecule has 23 heavy (non-hydrogen) atoms. The molecule has 8 heteroatoms. The molecular weight excluding hydrogens is 311 g/mol. The average Bonchev–Trinajstić information content (AvgIpc) is 2.53. The number of nitrogens with one attached hydrogen (secondary N) is 1. The Bertz CT molecular complexity index is 387. The Balaban J connectivity index is 1.89. The van der Waals surface area contributed by atoms with Crippen molar-refractivity contribution in [2.24, 2.45) is 0 Å². The highest BCUT2D eigenvalue weighted by molar-refractivity contribution is 5.81. The summed E-state index contributed by atoms with van der Waals surface area (Å²) in [5.41, 5.74) is 0. The first-order valence-corrected chi connectivity index (χ1v) is 8.27.